The van der Waals surface area contributed by atoms with Gasteiger partial charge in [-0.25, -0.2) is 4.39 Å². The first-order valence-corrected chi connectivity index (χ1v) is 9.34. The van der Waals surface area contributed by atoms with Crippen molar-refractivity contribution in [1.29, 1.82) is 0 Å². The number of carbonyl (C=O) groups is 1. The monoisotopic (exact) mass is 431 g/mol. The van der Waals surface area contributed by atoms with Crippen molar-refractivity contribution < 1.29 is 23.1 Å². The van der Waals surface area contributed by atoms with Crippen molar-refractivity contribution in [2.75, 3.05) is 6.61 Å². The molecule has 0 radical (unpaired) electrons. The molecule has 0 atom stereocenters. The van der Waals surface area contributed by atoms with E-state index in [1.54, 1.807) is 19.9 Å². The zero-order chi connectivity index (χ0) is 21.7. The first-order valence-electron chi connectivity index (χ1n) is 8.96. The fourth-order valence-electron chi connectivity index (χ4n) is 2.38. The number of allylic oxidation sites excluding steroid dienone is 2. The Morgan fingerprint density at radius 2 is 1.97 bits per heavy atom. The van der Waals surface area contributed by atoms with Gasteiger partial charge >= 0.3 is 6.08 Å². The summed E-state index contributed by atoms with van der Waals surface area (Å²) in [7, 11) is 0. The van der Waals surface area contributed by atoms with Gasteiger partial charge in [0.25, 0.3) is 5.91 Å². The van der Waals surface area contributed by atoms with Crippen molar-refractivity contribution >= 4 is 23.1 Å². The number of hydrogen-bond acceptors (Lipinski definition) is 6. The van der Waals surface area contributed by atoms with Gasteiger partial charge in [0.1, 0.15) is 17.3 Å². The van der Waals surface area contributed by atoms with Crippen LogP contribution in [0.2, 0.25) is 5.02 Å². The maximum Gasteiger partial charge on any atom is 0.420 e. The summed E-state index contributed by atoms with van der Waals surface area (Å²) in [6.07, 6.45) is -0.00845. The number of carbonyl (C=O) groups excluding carboxylic acids is 1. The SMILES string of the molecule is C/C(NC(=O)COc1ccc(Cl)c(F)c1)=C(\C)c1nnc(Oc2ccccc2C)o1. The summed E-state index contributed by atoms with van der Waals surface area (Å²) in [5.74, 6) is -0.0489. The molecule has 3 rings (SSSR count). The average molecular weight is 432 g/mol. The van der Waals surface area contributed by atoms with Crippen LogP contribution in [0.15, 0.2) is 52.6 Å². The Hall–Kier alpha value is -3.39. The Balaban J connectivity index is 1.60. The summed E-state index contributed by atoms with van der Waals surface area (Å²) < 4.78 is 29.8. The lowest BCUT2D eigenvalue weighted by Gasteiger charge is -2.09. The highest BCUT2D eigenvalue weighted by atomic mass is 35.5. The second-order valence-electron chi connectivity index (χ2n) is 6.40. The molecule has 0 aliphatic heterocycles. The minimum Gasteiger partial charge on any atom is -0.484 e. The Morgan fingerprint density at radius 1 is 1.20 bits per heavy atom. The molecule has 0 fully saturated rings. The van der Waals surface area contributed by atoms with Gasteiger partial charge in [0.05, 0.1) is 5.02 Å². The second-order valence-corrected chi connectivity index (χ2v) is 6.81. The van der Waals surface area contributed by atoms with E-state index in [0.29, 0.717) is 17.0 Å². The predicted octanol–water partition coefficient (Wildman–Crippen LogP) is 4.91. The van der Waals surface area contributed by atoms with Gasteiger partial charge in [0.15, 0.2) is 6.61 Å². The van der Waals surface area contributed by atoms with Gasteiger partial charge in [0.2, 0.25) is 5.89 Å². The third-order valence-electron chi connectivity index (χ3n) is 4.17. The molecule has 2 aromatic carbocycles. The molecule has 0 aliphatic rings. The Labute approximate surface area is 177 Å². The normalized spacial score (nSPS) is 11.6. The van der Waals surface area contributed by atoms with Crippen molar-refractivity contribution in [3.05, 3.63) is 70.5 Å². The van der Waals surface area contributed by atoms with E-state index in [4.69, 9.17) is 25.5 Å². The van der Waals surface area contributed by atoms with Crippen LogP contribution in [0.1, 0.15) is 25.3 Å². The van der Waals surface area contributed by atoms with Gasteiger partial charge in [-0.1, -0.05) is 34.9 Å². The smallest absolute Gasteiger partial charge is 0.420 e. The summed E-state index contributed by atoms with van der Waals surface area (Å²) in [6, 6.07) is 11.4. The van der Waals surface area contributed by atoms with E-state index in [2.05, 4.69) is 15.5 Å². The lowest BCUT2D eigenvalue weighted by Crippen LogP contribution is -2.28. The summed E-state index contributed by atoms with van der Waals surface area (Å²) in [6.45, 7) is 4.99. The number of aryl methyl sites for hydroxylation is 1. The highest BCUT2D eigenvalue weighted by molar-refractivity contribution is 6.30. The number of halogens is 2. The number of nitrogens with one attached hydrogen (secondary N) is 1. The van der Waals surface area contributed by atoms with Crippen molar-refractivity contribution in [2.45, 2.75) is 20.8 Å². The molecule has 30 heavy (non-hydrogen) atoms. The fraction of sp³-hybridized carbons (Fsp3) is 0.190. The molecule has 0 aliphatic carbocycles. The Bertz CT molecular complexity index is 1100. The third kappa shape index (κ3) is 5.36. The van der Waals surface area contributed by atoms with Crippen LogP contribution in [0.5, 0.6) is 17.6 Å². The molecular formula is C21H19ClFN3O4. The van der Waals surface area contributed by atoms with Crippen molar-refractivity contribution in [3.63, 3.8) is 0 Å². The number of amides is 1. The molecule has 0 unspecified atom stereocenters. The first kappa shape index (κ1) is 21.3. The van der Waals surface area contributed by atoms with Gasteiger partial charge < -0.3 is 19.2 Å². The van der Waals surface area contributed by atoms with E-state index in [9.17, 15) is 9.18 Å². The lowest BCUT2D eigenvalue weighted by molar-refractivity contribution is -0.122. The van der Waals surface area contributed by atoms with Crippen LogP contribution in [0, 0.1) is 12.7 Å². The first-order chi connectivity index (χ1) is 14.3. The molecule has 1 aromatic heterocycles. The summed E-state index contributed by atoms with van der Waals surface area (Å²) in [4.78, 5) is 12.1. The Morgan fingerprint density at radius 3 is 2.70 bits per heavy atom. The third-order valence-corrected chi connectivity index (χ3v) is 4.48. The van der Waals surface area contributed by atoms with E-state index < -0.39 is 11.7 Å². The number of rotatable bonds is 7. The lowest BCUT2D eigenvalue weighted by atomic mass is 10.2. The zero-order valence-electron chi connectivity index (χ0n) is 16.5. The number of hydrogen-bond donors (Lipinski definition) is 1. The molecule has 156 valence electrons. The maximum absolute atomic E-state index is 13.4. The van der Waals surface area contributed by atoms with Gasteiger partial charge in [-0.05, 0) is 44.5 Å². The van der Waals surface area contributed by atoms with Crippen LogP contribution in [0.4, 0.5) is 4.39 Å². The largest absolute Gasteiger partial charge is 0.484 e. The summed E-state index contributed by atoms with van der Waals surface area (Å²) >= 11 is 5.62. The topological polar surface area (TPSA) is 86.5 Å². The summed E-state index contributed by atoms with van der Waals surface area (Å²) in [5.41, 5.74) is 1.98. The average Bonchev–Trinajstić information content (AvgIpc) is 3.18. The highest BCUT2D eigenvalue weighted by Crippen LogP contribution is 2.26. The van der Waals surface area contributed by atoms with Crippen molar-refractivity contribution in [1.82, 2.24) is 15.5 Å². The van der Waals surface area contributed by atoms with Crippen LogP contribution < -0.4 is 14.8 Å². The van der Waals surface area contributed by atoms with E-state index in [0.717, 1.165) is 11.6 Å². The van der Waals surface area contributed by atoms with Crippen LogP contribution in [-0.4, -0.2) is 22.7 Å². The summed E-state index contributed by atoms with van der Waals surface area (Å²) in [5, 5.41) is 10.5. The molecule has 1 N–H and O–H groups in total. The number of aromatic nitrogens is 2. The number of nitrogens with zero attached hydrogens (tertiary/aromatic N) is 2. The van der Waals surface area contributed by atoms with Gasteiger partial charge in [-0.15, -0.1) is 5.10 Å². The maximum atomic E-state index is 13.4. The van der Waals surface area contributed by atoms with Crippen LogP contribution in [0.25, 0.3) is 5.57 Å². The van der Waals surface area contributed by atoms with Crippen molar-refractivity contribution in [2.24, 2.45) is 0 Å². The van der Waals surface area contributed by atoms with Gasteiger partial charge in [-0.2, -0.15) is 0 Å². The minimum absolute atomic E-state index is 0.00845. The van der Waals surface area contributed by atoms with Crippen LogP contribution in [0.3, 0.4) is 0 Å². The number of benzene rings is 2. The molecule has 0 spiro atoms. The minimum atomic E-state index is -0.624. The van der Waals surface area contributed by atoms with Gasteiger partial charge in [-0.3, -0.25) is 4.79 Å². The number of para-hydroxylation sites is 1. The van der Waals surface area contributed by atoms with Crippen LogP contribution in [-0.2, 0) is 4.79 Å². The predicted molar refractivity (Wildman–Crippen MR) is 109 cm³/mol. The molecule has 1 heterocycles. The highest BCUT2D eigenvalue weighted by Gasteiger charge is 2.14. The van der Waals surface area contributed by atoms with E-state index in [-0.39, 0.29) is 29.3 Å². The molecule has 3 aromatic rings. The van der Waals surface area contributed by atoms with E-state index in [1.165, 1.54) is 12.1 Å². The second kappa shape index (κ2) is 9.41. The van der Waals surface area contributed by atoms with Gasteiger partial charge in [0, 0.05) is 17.3 Å². The van der Waals surface area contributed by atoms with E-state index in [1.807, 2.05) is 25.1 Å². The molecule has 0 saturated heterocycles. The fourth-order valence-corrected chi connectivity index (χ4v) is 2.50. The van der Waals surface area contributed by atoms with E-state index >= 15 is 0 Å². The molecule has 0 bridgehead atoms. The molecular weight excluding hydrogens is 413 g/mol. The molecule has 1 amide bonds. The van der Waals surface area contributed by atoms with Crippen molar-refractivity contribution in [3.8, 4) is 17.6 Å². The molecule has 7 nitrogen and oxygen atoms in total. The standard InChI is InChI=1S/C21H19ClFN3O4/c1-12-6-4-5-7-18(12)29-21-26-25-20(30-21)13(2)14(3)24-19(27)11-28-15-8-9-16(22)17(23)10-15/h4-10H,11H2,1-3H3,(H,24,27)/b14-13-. The Kier molecular flexibility index (Phi) is 6.68. The zero-order valence-corrected chi connectivity index (χ0v) is 17.3. The van der Waals surface area contributed by atoms with Crippen LogP contribution >= 0.6 is 11.6 Å². The quantitative estimate of drug-likeness (QED) is 0.572. The molecule has 0 saturated carbocycles. The number of ether oxygens (including phenoxy) is 2. The molecule has 9 heteroatoms.